The maximum atomic E-state index is 12.0. The van der Waals surface area contributed by atoms with Gasteiger partial charge in [-0.1, -0.05) is 48.5 Å². The van der Waals surface area contributed by atoms with E-state index in [4.69, 9.17) is 4.74 Å². The van der Waals surface area contributed by atoms with E-state index in [1.54, 1.807) is 12.1 Å². The van der Waals surface area contributed by atoms with E-state index in [0.29, 0.717) is 5.56 Å². The molecule has 0 spiro atoms. The van der Waals surface area contributed by atoms with E-state index in [-0.39, 0.29) is 12.1 Å². The van der Waals surface area contributed by atoms with Crippen molar-refractivity contribution in [1.29, 1.82) is 0 Å². The van der Waals surface area contributed by atoms with Gasteiger partial charge in [-0.3, -0.25) is 4.90 Å². The van der Waals surface area contributed by atoms with Crippen LogP contribution in [0.15, 0.2) is 60.7 Å². The Kier molecular flexibility index (Phi) is 4.31. The third-order valence-corrected chi connectivity index (χ3v) is 3.76. The second-order valence-electron chi connectivity index (χ2n) is 5.40. The lowest BCUT2D eigenvalue weighted by molar-refractivity contribution is 0.0320. The van der Waals surface area contributed by atoms with Crippen LogP contribution in [0.5, 0.6) is 0 Å². The molecule has 0 aromatic heterocycles. The fourth-order valence-corrected chi connectivity index (χ4v) is 2.67. The molecule has 1 fully saturated rings. The van der Waals surface area contributed by atoms with Crippen LogP contribution in [0, 0.1) is 0 Å². The molecule has 108 valence electrons. The van der Waals surface area contributed by atoms with Crippen molar-refractivity contribution in [2.75, 3.05) is 13.1 Å². The maximum absolute atomic E-state index is 12.0. The van der Waals surface area contributed by atoms with E-state index in [2.05, 4.69) is 29.2 Å². The maximum Gasteiger partial charge on any atom is 0.338 e. The summed E-state index contributed by atoms with van der Waals surface area (Å²) in [4.78, 5) is 14.4. The number of rotatable bonds is 4. The molecule has 0 saturated carbocycles. The largest absolute Gasteiger partial charge is 0.457 e. The third kappa shape index (κ3) is 3.70. The lowest BCUT2D eigenvalue weighted by atomic mass is 10.2. The van der Waals surface area contributed by atoms with Gasteiger partial charge in [0.25, 0.3) is 0 Å². The molecule has 1 atom stereocenters. The van der Waals surface area contributed by atoms with Crippen molar-refractivity contribution in [3.05, 3.63) is 71.8 Å². The Morgan fingerprint density at radius 1 is 1.05 bits per heavy atom. The topological polar surface area (TPSA) is 29.5 Å². The van der Waals surface area contributed by atoms with Crippen LogP contribution in [0.25, 0.3) is 0 Å². The van der Waals surface area contributed by atoms with Crippen LogP contribution in [0.1, 0.15) is 22.3 Å². The molecule has 1 heterocycles. The summed E-state index contributed by atoms with van der Waals surface area (Å²) in [6.45, 7) is 2.70. The van der Waals surface area contributed by atoms with Gasteiger partial charge in [0.2, 0.25) is 0 Å². The zero-order chi connectivity index (χ0) is 14.5. The first-order valence-corrected chi connectivity index (χ1v) is 7.33. The summed E-state index contributed by atoms with van der Waals surface area (Å²) in [6.07, 6.45) is 0.909. The van der Waals surface area contributed by atoms with Gasteiger partial charge in [0.15, 0.2) is 0 Å². The second kappa shape index (κ2) is 6.55. The highest BCUT2D eigenvalue weighted by atomic mass is 16.5. The van der Waals surface area contributed by atoms with Crippen LogP contribution in [0.4, 0.5) is 0 Å². The average molecular weight is 281 g/mol. The van der Waals surface area contributed by atoms with Crippen LogP contribution in [-0.4, -0.2) is 30.1 Å². The predicted octanol–water partition coefficient (Wildman–Crippen LogP) is 3.12. The molecule has 1 aliphatic rings. The minimum absolute atomic E-state index is 0.00131. The van der Waals surface area contributed by atoms with E-state index in [1.165, 1.54) is 5.56 Å². The molecule has 3 rings (SSSR count). The van der Waals surface area contributed by atoms with Gasteiger partial charge in [0.05, 0.1) is 5.56 Å². The number of nitrogens with zero attached hydrogens (tertiary/aromatic N) is 1. The Hall–Kier alpha value is -2.13. The molecular formula is C18H19NO2. The normalized spacial score (nSPS) is 18.6. The van der Waals surface area contributed by atoms with E-state index >= 15 is 0 Å². The monoisotopic (exact) mass is 281 g/mol. The standard InChI is InChI=1S/C18H19NO2/c20-18(16-9-5-2-6-10-16)21-17-11-12-19(14-17)13-15-7-3-1-4-8-15/h1-10,17H,11-14H2/t17-/m1/s1. The van der Waals surface area contributed by atoms with Crippen LogP contribution in [-0.2, 0) is 11.3 Å². The van der Waals surface area contributed by atoms with Gasteiger partial charge in [-0.25, -0.2) is 4.79 Å². The lowest BCUT2D eigenvalue weighted by Gasteiger charge is -2.16. The van der Waals surface area contributed by atoms with E-state index < -0.39 is 0 Å². The molecule has 3 nitrogen and oxygen atoms in total. The van der Waals surface area contributed by atoms with Crippen LogP contribution in [0.2, 0.25) is 0 Å². The molecule has 3 heteroatoms. The van der Waals surface area contributed by atoms with Crippen molar-refractivity contribution in [2.24, 2.45) is 0 Å². The zero-order valence-corrected chi connectivity index (χ0v) is 11.9. The zero-order valence-electron chi connectivity index (χ0n) is 11.9. The van der Waals surface area contributed by atoms with Crippen molar-refractivity contribution in [3.8, 4) is 0 Å². The van der Waals surface area contributed by atoms with Gasteiger partial charge in [-0.15, -0.1) is 0 Å². The molecule has 0 unspecified atom stereocenters. The molecule has 0 radical (unpaired) electrons. The summed E-state index contributed by atoms with van der Waals surface area (Å²) >= 11 is 0. The van der Waals surface area contributed by atoms with Crippen molar-refractivity contribution in [2.45, 2.75) is 19.1 Å². The number of esters is 1. The predicted molar refractivity (Wildman–Crippen MR) is 82.0 cm³/mol. The summed E-state index contributed by atoms with van der Waals surface area (Å²) in [6, 6.07) is 19.6. The Labute approximate surface area is 125 Å². The Bertz CT molecular complexity index is 583. The summed E-state index contributed by atoms with van der Waals surface area (Å²) in [5.74, 6) is -0.220. The number of hydrogen-bond donors (Lipinski definition) is 0. The molecule has 1 saturated heterocycles. The third-order valence-electron chi connectivity index (χ3n) is 3.76. The second-order valence-corrected chi connectivity index (χ2v) is 5.40. The van der Waals surface area contributed by atoms with Crippen LogP contribution < -0.4 is 0 Å². The van der Waals surface area contributed by atoms with Gasteiger partial charge in [-0.05, 0) is 24.1 Å². The summed E-state index contributed by atoms with van der Waals surface area (Å²) < 4.78 is 5.58. The molecule has 2 aromatic rings. The summed E-state index contributed by atoms with van der Waals surface area (Å²) in [7, 11) is 0. The first-order chi connectivity index (χ1) is 10.3. The number of benzene rings is 2. The SMILES string of the molecule is O=C(O[C@@H]1CCN(Cc2ccccc2)C1)c1ccccc1. The Morgan fingerprint density at radius 3 is 2.43 bits per heavy atom. The van der Waals surface area contributed by atoms with E-state index in [9.17, 15) is 4.79 Å². The molecular weight excluding hydrogens is 262 g/mol. The summed E-state index contributed by atoms with van der Waals surface area (Å²) in [5, 5.41) is 0. The molecule has 1 aliphatic heterocycles. The fourth-order valence-electron chi connectivity index (χ4n) is 2.67. The number of hydrogen-bond acceptors (Lipinski definition) is 3. The first kappa shape index (κ1) is 13.8. The Morgan fingerprint density at radius 2 is 1.71 bits per heavy atom. The van der Waals surface area contributed by atoms with Crippen molar-refractivity contribution >= 4 is 5.97 Å². The van der Waals surface area contributed by atoms with Crippen molar-refractivity contribution in [3.63, 3.8) is 0 Å². The summed E-state index contributed by atoms with van der Waals surface area (Å²) in [5.41, 5.74) is 1.92. The van der Waals surface area contributed by atoms with Crippen molar-refractivity contribution < 1.29 is 9.53 Å². The first-order valence-electron chi connectivity index (χ1n) is 7.33. The molecule has 0 N–H and O–H groups in total. The van der Waals surface area contributed by atoms with E-state index in [0.717, 1.165) is 26.1 Å². The van der Waals surface area contributed by atoms with Crippen LogP contribution >= 0.6 is 0 Å². The van der Waals surface area contributed by atoms with Gasteiger partial charge in [-0.2, -0.15) is 0 Å². The highest BCUT2D eigenvalue weighted by Gasteiger charge is 2.25. The smallest absolute Gasteiger partial charge is 0.338 e. The fraction of sp³-hybridized carbons (Fsp3) is 0.278. The van der Waals surface area contributed by atoms with E-state index in [1.807, 2.05) is 24.3 Å². The van der Waals surface area contributed by atoms with Crippen LogP contribution in [0.3, 0.4) is 0 Å². The minimum Gasteiger partial charge on any atom is -0.457 e. The Balaban J connectivity index is 1.52. The minimum atomic E-state index is -0.220. The van der Waals surface area contributed by atoms with Gasteiger partial charge in [0, 0.05) is 19.6 Å². The molecule has 21 heavy (non-hydrogen) atoms. The molecule has 0 bridgehead atoms. The van der Waals surface area contributed by atoms with Gasteiger partial charge < -0.3 is 4.74 Å². The number of carbonyl (C=O) groups is 1. The van der Waals surface area contributed by atoms with Crippen molar-refractivity contribution in [1.82, 2.24) is 4.90 Å². The lowest BCUT2D eigenvalue weighted by Crippen LogP contribution is -2.24. The highest BCUT2D eigenvalue weighted by molar-refractivity contribution is 5.89. The highest BCUT2D eigenvalue weighted by Crippen LogP contribution is 2.17. The quantitative estimate of drug-likeness (QED) is 0.806. The van der Waals surface area contributed by atoms with Gasteiger partial charge in [0.1, 0.15) is 6.10 Å². The molecule has 0 aliphatic carbocycles. The molecule has 2 aromatic carbocycles. The average Bonchev–Trinajstić information content (AvgIpc) is 2.96. The van der Waals surface area contributed by atoms with Gasteiger partial charge >= 0.3 is 5.97 Å². The number of carbonyl (C=O) groups excluding carboxylic acids is 1. The molecule has 0 amide bonds. The number of ether oxygens (including phenoxy) is 1. The number of likely N-dealkylation sites (tertiary alicyclic amines) is 1.